The molecule has 5 nitrogen and oxygen atoms in total. The zero-order valence-corrected chi connectivity index (χ0v) is 20.0. The van der Waals surface area contributed by atoms with Gasteiger partial charge in [0.1, 0.15) is 12.0 Å². The second-order valence-electron chi connectivity index (χ2n) is 7.62. The first-order valence-corrected chi connectivity index (χ1v) is 11.7. The maximum Gasteiger partial charge on any atom is 0.368 e. The number of benzene rings is 1. The lowest BCUT2D eigenvalue weighted by Gasteiger charge is -2.37. The minimum absolute atomic E-state index is 0.0478. The molecule has 0 saturated heterocycles. The molecule has 1 aliphatic rings. The van der Waals surface area contributed by atoms with Crippen molar-refractivity contribution in [2.45, 2.75) is 62.8 Å². The summed E-state index contributed by atoms with van der Waals surface area (Å²) in [6.45, 7) is 12.7. The van der Waals surface area contributed by atoms with Gasteiger partial charge in [0.2, 0.25) is 5.83 Å². The molecule has 1 N–H and O–H groups in total. The Morgan fingerprint density at radius 2 is 1.93 bits per heavy atom. The molecule has 164 valence electrons. The van der Waals surface area contributed by atoms with Crippen molar-refractivity contribution in [3.8, 4) is 5.75 Å². The largest absolute Gasteiger partial charge is 0.476 e. The average Bonchev–Trinajstić information content (AvgIpc) is 2.82. The number of rotatable bonds is 5. The topological polar surface area (TPSA) is 53.0 Å². The highest BCUT2D eigenvalue weighted by Crippen LogP contribution is 2.44. The van der Waals surface area contributed by atoms with Gasteiger partial charge in [0.25, 0.3) is 0 Å². The summed E-state index contributed by atoms with van der Waals surface area (Å²) in [7, 11) is 2.02. The van der Waals surface area contributed by atoms with E-state index < -0.39 is 11.8 Å². The number of carboxylic acids is 1. The summed E-state index contributed by atoms with van der Waals surface area (Å²) in [4.78, 5) is 14.8. The molecular weight excluding hydrogens is 411 g/mol. The third kappa shape index (κ3) is 7.75. The molecular formula is C21H33FN2O3S2. The van der Waals surface area contributed by atoms with Crippen molar-refractivity contribution >= 4 is 35.4 Å². The van der Waals surface area contributed by atoms with Crippen molar-refractivity contribution in [3.05, 3.63) is 24.2 Å². The van der Waals surface area contributed by atoms with Crippen molar-refractivity contribution in [2.24, 2.45) is 0 Å². The summed E-state index contributed by atoms with van der Waals surface area (Å²) >= 11 is 3.07. The fraction of sp³-hybridized carbons (Fsp3) is 0.571. The van der Waals surface area contributed by atoms with Crippen LogP contribution in [0.25, 0.3) is 0 Å². The number of unbranched alkanes of at least 4 members (excludes halogenated alkanes) is 1. The number of hydrogen-bond acceptors (Lipinski definition) is 6. The molecule has 0 radical (unpaired) electrons. The molecule has 29 heavy (non-hydrogen) atoms. The lowest BCUT2D eigenvalue weighted by molar-refractivity contribution is -0.134. The molecule has 8 heteroatoms. The first-order valence-electron chi connectivity index (χ1n) is 9.69. The number of nitrogens with zero attached hydrogens (tertiary/aromatic N) is 2. The van der Waals surface area contributed by atoms with Crippen LogP contribution in [0.2, 0.25) is 0 Å². The van der Waals surface area contributed by atoms with Crippen LogP contribution < -0.4 is 9.64 Å². The van der Waals surface area contributed by atoms with Gasteiger partial charge in [-0.2, -0.15) is 4.39 Å². The maximum atomic E-state index is 13.2. The van der Waals surface area contributed by atoms with E-state index in [1.54, 1.807) is 11.9 Å². The van der Waals surface area contributed by atoms with Gasteiger partial charge in [-0.1, -0.05) is 26.7 Å². The first-order chi connectivity index (χ1) is 13.5. The number of hydrogen-bond donors (Lipinski definition) is 1. The number of carbonyl (C=O) groups is 1. The Labute approximate surface area is 182 Å². The molecule has 1 aromatic rings. The monoisotopic (exact) mass is 444 g/mol. The molecule has 0 spiro atoms. The van der Waals surface area contributed by atoms with Crippen molar-refractivity contribution in [2.75, 3.05) is 31.3 Å². The van der Waals surface area contributed by atoms with Gasteiger partial charge < -0.3 is 14.7 Å². The molecule has 1 aromatic carbocycles. The number of aliphatic carboxylic acids is 1. The quantitative estimate of drug-likeness (QED) is 0.257. The first kappa shape index (κ1) is 25.7. The van der Waals surface area contributed by atoms with Crippen LogP contribution in [-0.4, -0.2) is 47.3 Å². The van der Waals surface area contributed by atoms with Crippen molar-refractivity contribution in [3.63, 3.8) is 0 Å². The number of anilines is 1. The number of ether oxygens (including phenoxy) is 1. The van der Waals surface area contributed by atoms with E-state index in [0.717, 1.165) is 28.6 Å². The van der Waals surface area contributed by atoms with E-state index in [2.05, 4.69) is 43.8 Å². The van der Waals surface area contributed by atoms with E-state index in [9.17, 15) is 9.18 Å². The fourth-order valence-electron chi connectivity index (χ4n) is 2.50. The Morgan fingerprint density at radius 1 is 1.31 bits per heavy atom. The Hall–Kier alpha value is -1.38. The Bertz CT molecular complexity index is 719. The van der Waals surface area contributed by atoms with Crippen LogP contribution in [0, 0.1) is 0 Å². The number of likely N-dealkylation sites (N-methyl/N-ethyl adjacent to an activating group) is 1. The molecule has 0 unspecified atom stereocenters. The normalized spacial score (nSPS) is 15.2. The van der Waals surface area contributed by atoms with Crippen LogP contribution in [-0.2, 0) is 4.79 Å². The molecule has 0 atom stereocenters. The number of carboxylic acid groups (broad SMARTS) is 1. The molecule has 0 fully saturated rings. The zero-order chi connectivity index (χ0) is 22.2. The predicted octanol–water partition coefficient (Wildman–Crippen LogP) is 6.05. The number of halogens is 1. The molecule has 0 bridgehead atoms. The molecule has 2 rings (SSSR count). The van der Waals surface area contributed by atoms with Gasteiger partial charge in [-0.15, -0.1) is 11.8 Å². The summed E-state index contributed by atoms with van der Waals surface area (Å²) in [5.41, 5.74) is 1.05. The third-order valence-electron chi connectivity index (χ3n) is 4.23. The van der Waals surface area contributed by atoms with Gasteiger partial charge in [-0.3, -0.25) is 0 Å². The molecule has 0 amide bonds. The van der Waals surface area contributed by atoms with E-state index in [1.165, 1.54) is 24.6 Å². The van der Waals surface area contributed by atoms with Crippen LogP contribution in [0.5, 0.6) is 5.75 Å². The Morgan fingerprint density at radius 3 is 2.41 bits per heavy atom. The van der Waals surface area contributed by atoms with Gasteiger partial charge in [-0.25, -0.2) is 9.10 Å². The maximum absolute atomic E-state index is 13.2. The van der Waals surface area contributed by atoms with Crippen molar-refractivity contribution in [1.82, 2.24) is 4.31 Å². The highest BCUT2D eigenvalue weighted by molar-refractivity contribution is 7.98. The highest BCUT2D eigenvalue weighted by Gasteiger charge is 2.28. The smallest absolute Gasteiger partial charge is 0.368 e. The predicted molar refractivity (Wildman–Crippen MR) is 122 cm³/mol. The molecule has 1 heterocycles. The second-order valence-corrected chi connectivity index (χ2v) is 9.72. The van der Waals surface area contributed by atoms with E-state index >= 15 is 0 Å². The van der Waals surface area contributed by atoms with Gasteiger partial charge in [0.05, 0.1) is 15.5 Å². The average molecular weight is 445 g/mol. The van der Waals surface area contributed by atoms with Crippen LogP contribution >= 0.6 is 23.7 Å². The SMILES string of the molecule is CCCC.CSc1cc2c(cc1O/C=C(\F)C(=O)O)SN(C)CCN2C(C)(C)C. The van der Waals surface area contributed by atoms with Crippen LogP contribution in [0.1, 0.15) is 47.5 Å². The summed E-state index contributed by atoms with van der Waals surface area (Å²) in [6, 6.07) is 3.87. The van der Waals surface area contributed by atoms with E-state index in [1.807, 2.05) is 25.4 Å². The van der Waals surface area contributed by atoms with Gasteiger partial charge in [0.15, 0.2) is 0 Å². The zero-order valence-electron chi connectivity index (χ0n) is 18.4. The Balaban J connectivity index is 0.000000960. The number of thioether (sulfide) groups is 1. The highest BCUT2D eigenvalue weighted by atomic mass is 32.2. The molecule has 0 aromatic heterocycles. The van der Waals surface area contributed by atoms with Gasteiger partial charge in [-0.05, 0) is 58.2 Å². The second kappa shape index (κ2) is 11.7. The summed E-state index contributed by atoms with van der Waals surface area (Å²) in [5.74, 6) is -2.53. The Kier molecular flexibility index (Phi) is 10.4. The minimum Gasteiger partial charge on any atom is -0.476 e. The molecule has 0 aliphatic carbocycles. The van der Waals surface area contributed by atoms with Crippen LogP contribution in [0.15, 0.2) is 34.0 Å². The van der Waals surface area contributed by atoms with E-state index in [4.69, 9.17) is 9.84 Å². The van der Waals surface area contributed by atoms with Crippen molar-refractivity contribution < 1.29 is 19.0 Å². The van der Waals surface area contributed by atoms with Gasteiger partial charge in [0, 0.05) is 18.6 Å². The summed E-state index contributed by atoms with van der Waals surface area (Å²) < 4.78 is 20.7. The lowest BCUT2D eigenvalue weighted by Crippen LogP contribution is -2.43. The third-order valence-corrected chi connectivity index (χ3v) is 6.01. The van der Waals surface area contributed by atoms with E-state index in [0.29, 0.717) is 12.0 Å². The lowest BCUT2D eigenvalue weighted by atomic mass is 10.0. The van der Waals surface area contributed by atoms with Crippen LogP contribution in [0.4, 0.5) is 10.1 Å². The number of fused-ring (bicyclic) bond motifs is 1. The summed E-state index contributed by atoms with van der Waals surface area (Å²) in [5, 5.41) is 8.63. The van der Waals surface area contributed by atoms with Gasteiger partial charge >= 0.3 is 5.97 Å². The molecule has 1 aliphatic heterocycles. The van der Waals surface area contributed by atoms with Crippen molar-refractivity contribution in [1.29, 1.82) is 0 Å². The fourth-order valence-corrected chi connectivity index (χ4v) is 3.97. The van der Waals surface area contributed by atoms with E-state index in [-0.39, 0.29) is 5.54 Å². The summed E-state index contributed by atoms with van der Waals surface area (Å²) in [6.07, 6.45) is 5.18. The standard InChI is InChI=1S/C17H23FN2O3S2.C4H10/c1-17(2,3)20-7-6-19(4)25-14-9-13(15(24-5)8-12(14)20)23-10-11(18)16(21)22;1-3-4-2/h8-10H,6-7H2,1-5H3,(H,21,22);3-4H2,1-2H3/b11-10-;. The molecule has 0 saturated carbocycles. The minimum atomic E-state index is -1.64. The van der Waals surface area contributed by atoms with Crippen LogP contribution in [0.3, 0.4) is 0 Å².